The van der Waals surface area contributed by atoms with E-state index in [2.05, 4.69) is 29.1 Å². The molecule has 5 heteroatoms. The lowest BCUT2D eigenvalue weighted by molar-refractivity contribution is 0.529. The quantitative estimate of drug-likeness (QED) is 0.886. The molecule has 0 unspecified atom stereocenters. The van der Waals surface area contributed by atoms with Crippen molar-refractivity contribution in [2.24, 2.45) is 0 Å². The lowest BCUT2D eigenvalue weighted by Crippen LogP contribution is -2.24. The zero-order valence-corrected chi connectivity index (χ0v) is 13.5. The summed E-state index contributed by atoms with van der Waals surface area (Å²) < 4.78 is 5.32. The van der Waals surface area contributed by atoms with Gasteiger partial charge in [0.1, 0.15) is 5.76 Å². The summed E-state index contributed by atoms with van der Waals surface area (Å²) in [5.74, 6) is 1.68. The van der Waals surface area contributed by atoms with Crippen LogP contribution in [0.1, 0.15) is 36.4 Å². The molecule has 0 aromatic carbocycles. The monoisotopic (exact) mass is 288 g/mol. The van der Waals surface area contributed by atoms with Gasteiger partial charge in [-0.05, 0) is 19.9 Å². The molecule has 0 amide bonds. The number of aryl methyl sites for hydroxylation is 2. The minimum Gasteiger partial charge on any atom is -0.469 e. The third-order valence-electron chi connectivity index (χ3n) is 3.48. The van der Waals surface area contributed by atoms with Gasteiger partial charge in [0, 0.05) is 49.2 Å². The average Bonchev–Trinajstić information content (AvgIpc) is 2.82. The van der Waals surface area contributed by atoms with Crippen LogP contribution in [0.3, 0.4) is 0 Å². The van der Waals surface area contributed by atoms with E-state index in [0.717, 1.165) is 41.6 Å². The molecule has 2 heterocycles. The summed E-state index contributed by atoms with van der Waals surface area (Å²) in [7, 11) is 1.99. The molecular formula is C16H24N4O. The highest BCUT2D eigenvalue weighted by molar-refractivity contribution is 5.34. The summed E-state index contributed by atoms with van der Waals surface area (Å²) in [6.45, 7) is 9.80. The van der Waals surface area contributed by atoms with Gasteiger partial charge in [0.05, 0.1) is 6.26 Å². The summed E-state index contributed by atoms with van der Waals surface area (Å²) in [6, 6.07) is 2.44. The second kappa shape index (κ2) is 6.72. The van der Waals surface area contributed by atoms with Crippen molar-refractivity contribution in [3.05, 3.63) is 41.1 Å². The van der Waals surface area contributed by atoms with Gasteiger partial charge in [-0.3, -0.25) is 0 Å². The molecule has 0 atom stereocenters. The van der Waals surface area contributed by atoms with Gasteiger partial charge in [0.25, 0.3) is 0 Å². The Morgan fingerprint density at radius 2 is 2.05 bits per heavy atom. The molecule has 2 rings (SSSR count). The molecule has 0 fully saturated rings. The Labute approximate surface area is 126 Å². The van der Waals surface area contributed by atoms with Crippen LogP contribution in [-0.2, 0) is 13.1 Å². The molecule has 0 saturated carbocycles. The molecule has 0 bridgehead atoms. The van der Waals surface area contributed by atoms with E-state index in [1.165, 1.54) is 0 Å². The van der Waals surface area contributed by atoms with Gasteiger partial charge < -0.3 is 14.6 Å². The third kappa shape index (κ3) is 4.04. The van der Waals surface area contributed by atoms with Crippen LogP contribution in [0.25, 0.3) is 0 Å². The molecule has 21 heavy (non-hydrogen) atoms. The van der Waals surface area contributed by atoms with E-state index in [1.807, 2.05) is 38.1 Å². The highest BCUT2D eigenvalue weighted by atomic mass is 16.3. The molecule has 0 saturated heterocycles. The molecule has 114 valence electrons. The minimum atomic E-state index is 0.454. The van der Waals surface area contributed by atoms with Gasteiger partial charge in [0.2, 0.25) is 5.95 Å². The summed E-state index contributed by atoms with van der Waals surface area (Å²) in [4.78, 5) is 11.1. The van der Waals surface area contributed by atoms with Gasteiger partial charge in [0.15, 0.2) is 0 Å². The first-order valence-electron chi connectivity index (χ1n) is 7.27. The predicted octanol–water partition coefficient (Wildman–Crippen LogP) is 2.82. The Hall–Kier alpha value is -1.88. The van der Waals surface area contributed by atoms with Gasteiger partial charge in [-0.1, -0.05) is 13.8 Å². The second-order valence-electron chi connectivity index (χ2n) is 5.67. The van der Waals surface area contributed by atoms with Crippen LogP contribution in [0, 0.1) is 13.8 Å². The van der Waals surface area contributed by atoms with E-state index in [1.54, 1.807) is 6.26 Å². The van der Waals surface area contributed by atoms with Crippen molar-refractivity contribution in [3.63, 3.8) is 0 Å². The minimum absolute atomic E-state index is 0.454. The number of aromatic nitrogens is 2. The molecule has 2 aromatic heterocycles. The first-order valence-corrected chi connectivity index (χ1v) is 7.27. The van der Waals surface area contributed by atoms with Gasteiger partial charge >= 0.3 is 0 Å². The first kappa shape index (κ1) is 15.5. The molecular weight excluding hydrogens is 264 g/mol. The summed E-state index contributed by atoms with van der Waals surface area (Å²) in [5.41, 5.74) is 3.31. The van der Waals surface area contributed by atoms with Crippen LogP contribution in [-0.4, -0.2) is 23.1 Å². The Kier molecular flexibility index (Phi) is 4.96. The molecule has 5 nitrogen and oxygen atoms in total. The molecule has 2 aromatic rings. The number of hydrogen-bond donors (Lipinski definition) is 1. The largest absolute Gasteiger partial charge is 0.469 e. The van der Waals surface area contributed by atoms with E-state index in [0.29, 0.717) is 6.04 Å². The maximum atomic E-state index is 5.32. The van der Waals surface area contributed by atoms with Crippen molar-refractivity contribution < 1.29 is 4.42 Å². The van der Waals surface area contributed by atoms with Crippen LogP contribution in [0.15, 0.2) is 22.9 Å². The Bertz CT molecular complexity index is 592. The lowest BCUT2D eigenvalue weighted by Gasteiger charge is -2.18. The van der Waals surface area contributed by atoms with Crippen molar-refractivity contribution in [1.82, 2.24) is 15.3 Å². The normalized spacial score (nSPS) is 11.1. The first-order chi connectivity index (χ1) is 9.97. The lowest BCUT2D eigenvalue weighted by atomic mass is 10.2. The zero-order valence-electron chi connectivity index (χ0n) is 13.5. The standard InChI is InChI=1S/C16H24N4O/c1-11(2)17-8-15-9-18-16(19-12(15)3)20(5)10-14-6-7-21-13(14)4/h6-7,9,11,17H,8,10H2,1-5H3. The van der Waals surface area contributed by atoms with Crippen molar-refractivity contribution in [3.8, 4) is 0 Å². The Morgan fingerprint density at radius 3 is 2.62 bits per heavy atom. The van der Waals surface area contributed by atoms with Crippen LogP contribution < -0.4 is 10.2 Å². The number of furan rings is 1. The number of nitrogens with one attached hydrogen (secondary N) is 1. The van der Waals surface area contributed by atoms with E-state index in [-0.39, 0.29) is 0 Å². The summed E-state index contributed by atoms with van der Waals surface area (Å²) in [6.07, 6.45) is 3.62. The highest BCUT2D eigenvalue weighted by Crippen LogP contribution is 2.16. The van der Waals surface area contributed by atoms with Crippen molar-refractivity contribution in [1.29, 1.82) is 0 Å². The molecule has 0 aliphatic heterocycles. The van der Waals surface area contributed by atoms with Crippen LogP contribution >= 0.6 is 0 Å². The fourth-order valence-electron chi connectivity index (χ4n) is 2.05. The number of nitrogens with zero attached hydrogens (tertiary/aromatic N) is 3. The molecule has 0 radical (unpaired) electrons. The smallest absolute Gasteiger partial charge is 0.225 e. The van der Waals surface area contributed by atoms with Gasteiger partial charge in [-0.25, -0.2) is 9.97 Å². The van der Waals surface area contributed by atoms with Crippen LogP contribution in [0.4, 0.5) is 5.95 Å². The van der Waals surface area contributed by atoms with Crippen LogP contribution in [0.5, 0.6) is 0 Å². The third-order valence-corrected chi connectivity index (χ3v) is 3.48. The number of hydrogen-bond acceptors (Lipinski definition) is 5. The Morgan fingerprint density at radius 1 is 1.29 bits per heavy atom. The SMILES string of the molecule is Cc1nc(N(C)Cc2ccoc2C)ncc1CNC(C)C. The molecule has 1 N–H and O–H groups in total. The topological polar surface area (TPSA) is 54.2 Å². The van der Waals surface area contributed by atoms with E-state index in [4.69, 9.17) is 4.42 Å². The maximum absolute atomic E-state index is 5.32. The molecule has 0 aliphatic carbocycles. The van der Waals surface area contributed by atoms with Gasteiger partial charge in [-0.15, -0.1) is 0 Å². The number of rotatable bonds is 6. The van der Waals surface area contributed by atoms with E-state index in [9.17, 15) is 0 Å². The fraction of sp³-hybridized carbons (Fsp3) is 0.500. The van der Waals surface area contributed by atoms with Crippen molar-refractivity contribution in [2.75, 3.05) is 11.9 Å². The second-order valence-corrected chi connectivity index (χ2v) is 5.67. The molecule has 0 spiro atoms. The van der Waals surface area contributed by atoms with E-state index >= 15 is 0 Å². The number of anilines is 1. The van der Waals surface area contributed by atoms with Crippen molar-refractivity contribution >= 4 is 5.95 Å². The van der Waals surface area contributed by atoms with Crippen molar-refractivity contribution in [2.45, 2.75) is 46.8 Å². The zero-order chi connectivity index (χ0) is 15.4. The van der Waals surface area contributed by atoms with Gasteiger partial charge in [-0.2, -0.15) is 0 Å². The van der Waals surface area contributed by atoms with E-state index < -0.39 is 0 Å². The Balaban J connectivity index is 2.06. The van der Waals surface area contributed by atoms with Crippen LogP contribution in [0.2, 0.25) is 0 Å². The average molecular weight is 288 g/mol. The summed E-state index contributed by atoms with van der Waals surface area (Å²) >= 11 is 0. The maximum Gasteiger partial charge on any atom is 0.225 e. The predicted molar refractivity (Wildman–Crippen MR) is 84.3 cm³/mol. The molecule has 0 aliphatic rings. The highest BCUT2D eigenvalue weighted by Gasteiger charge is 2.10. The fourth-order valence-corrected chi connectivity index (χ4v) is 2.05. The summed E-state index contributed by atoms with van der Waals surface area (Å²) in [5, 5.41) is 3.39.